The van der Waals surface area contributed by atoms with Crippen LogP contribution < -0.4 is 0 Å². The summed E-state index contributed by atoms with van der Waals surface area (Å²) in [6.07, 6.45) is -1.91. The Bertz CT molecular complexity index is 516. The number of hydrogen-bond acceptors (Lipinski definition) is 11. The number of thioether (sulfide) groups is 7. The zero-order chi connectivity index (χ0) is 28.7. The molecule has 38 heavy (non-hydrogen) atoms. The average Bonchev–Trinajstić information content (AvgIpc) is 2.93. The molecule has 230 valence electrons. The summed E-state index contributed by atoms with van der Waals surface area (Å²) < 4.78 is 0.334. The molecule has 4 N–H and O–H groups in total. The molecule has 0 aromatic carbocycles. The molecule has 0 saturated carbocycles. The van der Waals surface area contributed by atoms with Gasteiger partial charge < -0.3 is 20.4 Å². The van der Waals surface area contributed by atoms with Crippen LogP contribution in [-0.2, 0) is 0 Å². The van der Waals surface area contributed by atoms with Gasteiger partial charge in [0.05, 0.1) is 24.4 Å². The quantitative estimate of drug-likeness (QED) is 0.0442. The van der Waals surface area contributed by atoms with Gasteiger partial charge in [0.15, 0.2) is 0 Å². The van der Waals surface area contributed by atoms with Crippen molar-refractivity contribution in [3.63, 3.8) is 0 Å². The maximum Gasteiger partial charge on any atom is 0.0766 e. The molecule has 0 fully saturated rings. The fourth-order valence-corrected chi connectivity index (χ4v) is 12.8. The molecular formula is C23H44Cl4O4S7. The second-order valence-electron chi connectivity index (χ2n) is 8.71. The maximum absolute atomic E-state index is 10.0. The molecule has 0 heterocycles. The lowest BCUT2D eigenvalue weighted by Gasteiger charge is -2.34. The van der Waals surface area contributed by atoms with Gasteiger partial charge >= 0.3 is 0 Å². The van der Waals surface area contributed by atoms with Gasteiger partial charge in [-0.2, -0.15) is 58.8 Å². The standard InChI is InChI=1S/C23H44Cl4O4S7/c1-18(37-13-22(31)9-27)38-17-23(16-36-12-21(30)8-26,14-34-4-2-32-10-19(28)6-24)15-35-5-3-33-11-20(29)7-25/h18-22,28-31H,2-17H2,1H3. The first-order chi connectivity index (χ1) is 18.2. The molecule has 5 unspecified atom stereocenters. The number of alkyl halides is 4. The lowest BCUT2D eigenvalue weighted by Crippen LogP contribution is -2.35. The molecule has 0 spiro atoms. The van der Waals surface area contributed by atoms with E-state index in [9.17, 15) is 20.4 Å². The zero-order valence-corrected chi connectivity index (χ0v) is 30.6. The van der Waals surface area contributed by atoms with Gasteiger partial charge in [-0.25, -0.2) is 0 Å². The van der Waals surface area contributed by atoms with Crippen molar-refractivity contribution >= 4 is 129 Å². The molecule has 5 atom stereocenters. The fourth-order valence-electron chi connectivity index (χ4n) is 2.68. The highest BCUT2D eigenvalue weighted by molar-refractivity contribution is 8.17. The largest absolute Gasteiger partial charge is 0.391 e. The summed E-state index contributed by atoms with van der Waals surface area (Å²) in [4.78, 5) is 0. The van der Waals surface area contributed by atoms with Crippen LogP contribution in [0.15, 0.2) is 0 Å². The Morgan fingerprint density at radius 1 is 0.500 bits per heavy atom. The van der Waals surface area contributed by atoms with Gasteiger partial charge in [-0.15, -0.1) is 69.9 Å². The van der Waals surface area contributed by atoms with Crippen LogP contribution in [0.5, 0.6) is 0 Å². The van der Waals surface area contributed by atoms with E-state index in [2.05, 4.69) is 6.92 Å². The molecule has 0 aromatic rings. The van der Waals surface area contributed by atoms with E-state index in [1.807, 2.05) is 35.3 Å². The predicted molar refractivity (Wildman–Crippen MR) is 190 cm³/mol. The third kappa shape index (κ3) is 23.9. The van der Waals surface area contributed by atoms with Crippen molar-refractivity contribution in [2.24, 2.45) is 5.41 Å². The van der Waals surface area contributed by atoms with Crippen LogP contribution >= 0.6 is 129 Å². The monoisotopic (exact) mass is 748 g/mol. The van der Waals surface area contributed by atoms with Gasteiger partial charge in [-0.3, -0.25) is 0 Å². The van der Waals surface area contributed by atoms with Crippen LogP contribution in [0.4, 0.5) is 0 Å². The van der Waals surface area contributed by atoms with E-state index < -0.39 is 24.4 Å². The summed E-state index contributed by atoms with van der Waals surface area (Å²) >= 11 is 35.8. The van der Waals surface area contributed by atoms with Gasteiger partial charge in [0.2, 0.25) is 0 Å². The van der Waals surface area contributed by atoms with E-state index >= 15 is 0 Å². The Hall–Kier alpha value is 3.45. The molecule has 0 aliphatic carbocycles. The second-order valence-corrected chi connectivity index (χ2v) is 18.5. The topological polar surface area (TPSA) is 80.9 Å². The van der Waals surface area contributed by atoms with Crippen molar-refractivity contribution in [3.05, 3.63) is 0 Å². The first-order valence-corrected chi connectivity index (χ1v) is 22.3. The molecule has 0 rings (SSSR count). The number of rotatable bonds is 28. The van der Waals surface area contributed by atoms with Crippen molar-refractivity contribution in [1.29, 1.82) is 0 Å². The van der Waals surface area contributed by atoms with Crippen LogP contribution in [0.3, 0.4) is 0 Å². The molecule has 0 saturated heterocycles. The van der Waals surface area contributed by atoms with E-state index in [0.29, 0.717) is 27.6 Å². The van der Waals surface area contributed by atoms with Crippen molar-refractivity contribution in [3.8, 4) is 0 Å². The van der Waals surface area contributed by atoms with Crippen molar-refractivity contribution in [1.82, 2.24) is 0 Å². The number of hydrogen-bond donors (Lipinski definition) is 4. The third-order valence-corrected chi connectivity index (χ3v) is 16.1. The van der Waals surface area contributed by atoms with Gasteiger partial charge in [0, 0.05) is 103 Å². The summed E-state index contributed by atoms with van der Waals surface area (Å²) in [7, 11) is 0. The van der Waals surface area contributed by atoms with Crippen LogP contribution in [0.1, 0.15) is 6.92 Å². The zero-order valence-electron chi connectivity index (χ0n) is 21.9. The highest BCUT2D eigenvalue weighted by Gasteiger charge is 2.31. The lowest BCUT2D eigenvalue weighted by atomic mass is 9.99. The van der Waals surface area contributed by atoms with Crippen LogP contribution in [0.25, 0.3) is 0 Å². The average molecular weight is 751 g/mol. The molecule has 15 heteroatoms. The molecule has 0 radical (unpaired) electrons. The Labute approximate surface area is 280 Å². The molecule has 0 aliphatic rings. The van der Waals surface area contributed by atoms with Gasteiger partial charge in [0.25, 0.3) is 0 Å². The normalized spacial score (nSPS) is 17.6. The molecular weight excluding hydrogens is 707 g/mol. The molecule has 0 amide bonds. The smallest absolute Gasteiger partial charge is 0.0766 e. The van der Waals surface area contributed by atoms with Gasteiger partial charge in [-0.1, -0.05) is 0 Å². The summed E-state index contributed by atoms with van der Waals surface area (Å²) in [5.41, 5.74) is 0.0667. The van der Waals surface area contributed by atoms with E-state index in [4.69, 9.17) is 46.4 Å². The van der Waals surface area contributed by atoms with Crippen molar-refractivity contribution in [2.75, 3.05) is 92.6 Å². The van der Waals surface area contributed by atoms with E-state index in [0.717, 1.165) is 46.0 Å². The summed E-state index contributed by atoms with van der Waals surface area (Å²) in [5.74, 6) is 11.5. The summed E-state index contributed by atoms with van der Waals surface area (Å²) in [5, 5.41) is 39.2. The maximum atomic E-state index is 10.0. The van der Waals surface area contributed by atoms with Crippen molar-refractivity contribution in [2.45, 2.75) is 35.9 Å². The van der Waals surface area contributed by atoms with Crippen LogP contribution in [0.2, 0.25) is 0 Å². The highest BCUT2D eigenvalue weighted by Crippen LogP contribution is 2.38. The van der Waals surface area contributed by atoms with Crippen LogP contribution in [0, 0.1) is 5.41 Å². The predicted octanol–water partition coefficient (Wildman–Crippen LogP) is 5.85. The minimum atomic E-state index is -0.506. The Morgan fingerprint density at radius 3 is 1.32 bits per heavy atom. The van der Waals surface area contributed by atoms with Gasteiger partial charge in [-0.05, 0) is 6.92 Å². The minimum absolute atomic E-state index is 0.0667. The Balaban J connectivity index is 5.11. The summed E-state index contributed by atoms with van der Waals surface area (Å²) in [6, 6.07) is 0. The van der Waals surface area contributed by atoms with E-state index in [-0.39, 0.29) is 28.9 Å². The first-order valence-electron chi connectivity index (χ1n) is 12.3. The number of halogens is 4. The van der Waals surface area contributed by atoms with Crippen molar-refractivity contribution < 1.29 is 20.4 Å². The van der Waals surface area contributed by atoms with Gasteiger partial charge in [0.1, 0.15) is 0 Å². The van der Waals surface area contributed by atoms with Crippen LogP contribution in [-0.4, -0.2) is 142 Å². The lowest BCUT2D eigenvalue weighted by molar-refractivity contribution is 0.223. The van der Waals surface area contributed by atoms with E-state index in [1.165, 1.54) is 0 Å². The Kier molecular flexibility index (Phi) is 30.5. The minimum Gasteiger partial charge on any atom is -0.391 e. The highest BCUT2D eigenvalue weighted by atomic mass is 35.5. The SMILES string of the molecule is CC(SCC(O)CCl)SCC(CSCCSCC(O)CCl)(CSCCSCC(O)CCl)CSCC(O)CCl. The summed E-state index contributed by atoms with van der Waals surface area (Å²) in [6.45, 7) is 2.18. The third-order valence-electron chi connectivity index (χ3n) is 4.76. The van der Waals surface area contributed by atoms with E-state index in [1.54, 1.807) is 47.0 Å². The number of aliphatic hydroxyl groups is 4. The Morgan fingerprint density at radius 2 is 0.868 bits per heavy atom. The molecule has 0 aliphatic heterocycles. The number of aliphatic hydroxyl groups excluding tert-OH is 4. The molecule has 0 aromatic heterocycles. The fraction of sp³-hybridized carbons (Fsp3) is 1.00. The second kappa shape index (κ2) is 28.0. The first kappa shape index (κ1) is 41.4. The molecule has 0 bridgehead atoms. The molecule has 4 nitrogen and oxygen atoms in total.